The molecular formula is C37H47Cl2FN6O6. The molecule has 0 atom stereocenters. The molecule has 2 heterocycles. The molecule has 1 aromatic carbocycles. The number of ether oxygens (including phenoxy) is 2. The Kier molecular flexibility index (Phi) is 11.9. The maximum absolute atomic E-state index is 13.4. The van der Waals surface area contributed by atoms with Gasteiger partial charge in [0.05, 0.1) is 36.3 Å². The molecule has 0 unspecified atom stereocenters. The van der Waals surface area contributed by atoms with Crippen LogP contribution in [0.1, 0.15) is 104 Å². The Balaban J connectivity index is 0.000000292. The number of hydrogen-bond donors (Lipinski definition) is 3. The summed E-state index contributed by atoms with van der Waals surface area (Å²) < 4.78 is 24.7. The number of nitrogens with two attached hydrogens (primary N) is 1. The molecule has 0 saturated heterocycles. The number of halogens is 3. The molecule has 52 heavy (non-hydrogen) atoms. The Hall–Kier alpha value is -3.81. The molecule has 6 fully saturated rings. The number of benzene rings is 1. The number of hydrogen-bond acceptors (Lipinski definition) is 9. The van der Waals surface area contributed by atoms with Crippen LogP contribution in [-0.4, -0.2) is 65.7 Å². The number of nitrogens with one attached hydrogen (secondary N) is 2. The molecule has 282 valence electrons. The minimum Gasteiger partial charge on any atom is -0.469 e. The van der Waals surface area contributed by atoms with E-state index in [1.807, 2.05) is 0 Å². The molecule has 2 aromatic heterocycles. The fourth-order valence-electron chi connectivity index (χ4n) is 8.62. The summed E-state index contributed by atoms with van der Waals surface area (Å²) in [5.74, 6) is -1.52. The fraction of sp³-hybridized carbons (Fsp3) is 0.568. The summed E-state index contributed by atoms with van der Waals surface area (Å²) in [6, 6.07) is 7.22. The topological polar surface area (TPSA) is 167 Å². The van der Waals surface area contributed by atoms with Crippen molar-refractivity contribution in [3.63, 3.8) is 0 Å². The zero-order valence-electron chi connectivity index (χ0n) is 29.6. The molecule has 9 rings (SSSR count). The molecule has 2 amide bonds. The molecule has 12 nitrogen and oxygen atoms in total. The SMILES string of the molecule is COC(=O)C12CCC(CN)(CC1)CC2.COC(=O)C12CCC(CNC(=O)c3cc(C(=O)NCc4ccc(F)c(Cl)c4)nc4ccnn34)(CC1)CC2.Cl. The second-order valence-electron chi connectivity index (χ2n) is 15.0. The summed E-state index contributed by atoms with van der Waals surface area (Å²) >= 11 is 5.82. The lowest BCUT2D eigenvalue weighted by molar-refractivity contribution is -0.163. The number of amides is 2. The number of methoxy groups -OCH3 is 2. The van der Waals surface area contributed by atoms with Gasteiger partial charge in [0.15, 0.2) is 5.65 Å². The van der Waals surface area contributed by atoms with Gasteiger partial charge in [-0.2, -0.15) is 5.10 Å². The van der Waals surface area contributed by atoms with Gasteiger partial charge in [-0.05, 0) is 112 Å². The number of nitrogens with zero attached hydrogens (tertiary/aromatic N) is 3. The monoisotopic (exact) mass is 760 g/mol. The molecule has 0 spiro atoms. The lowest BCUT2D eigenvalue weighted by Crippen LogP contribution is -2.50. The smallest absolute Gasteiger partial charge is 0.311 e. The molecule has 0 radical (unpaired) electrons. The highest BCUT2D eigenvalue weighted by molar-refractivity contribution is 6.30. The van der Waals surface area contributed by atoms with Crippen LogP contribution in [0, 0.1) is 27.5 Å². The van der Waals surface area contributed by atoms with Crippen LogP contribution in [0.15, 0.2) is 36.5 Å². The van der Waals surface area contributed by atoms with Gasteiger partial charge in [0.1, 0.15) is 17.2 Å². The van der Waals surface area contributed by atoms with Crippen LogP contribution in [-0.2, 0) is 25.6 Å². The van der Waals surface area contributed by atoms with E-state index in [2.05, 4.69) is 20.7 Å². The lowest BCUT2D eigenvalue weighted by atomic mass is 9.53. The first-order chi connectivity index (χ1) is 24.4. The number of esters is 2. The van der Waals surface area contributed by atoms with E-state index < -0.39 is 11.7 Å². The fourth-order valence-corrected chi connectivity index (χ4v) is 8.82. The minimum atomic E-state index is -0.538. The van der Waals surface area contributed by atoms with Gasteiger partial charge in [0.2, 0.25) is 0 Å². The molecule has 4 N–H and O–H groups in total. The molecule has 0 aliphatic heterocycles. The maximum Gasteiger partial charge on any atom is 0.311 e. The van der Waals surface area contributed by atoms with Gasteiger partial charge < -0.3 is 25.8 Å². The normalized spacial score (nSPS) is 27.1. The van der Waals surface area contributed by atoms with Crippen molar-refractivity contribution < 1.29 is 33.0 Å². The van der Waals surface area contributed by atoms with Crippen LogP contribution < -0.4 is 16.4 Å². The van der Waals surface area contributed by atoms with Crippen molar-refractivity contribution >= 4 is 53.4 Å². The summed E-state index contributed by atoms with van der Waals surface area (Å²) in [7, 11) is 2.93. The zero-order valence-corrected chi connectivity index (χ0v) is 31.2. The molecule has 4 bridgehead atoms. The lowest BCUT2D eigenvalue weighted by Gasteiger charge is -2.51. The third-order valence-corrected chi connectivity index (χ3v) is 12.6. The van der Waals surface area contributed by atoms with Gasteiger partial charge in [-0.1, -0.05) is 17.7 Å². The largest absolute Gasteiger partial charge is 0.469 e. The molecular weight excluding hydrogens is 714 g/mol. The van der Waals surface area contributed by atoms with Crippen LogP contribution in [0.25, 0.3) is 5.65 Å². The third kappa shape index (κ3) is 7.63. The predicted octanol–water partition coefficient (Wildman–Crippen LogP) is 5.58. The number of carbonyl (C=O) groups excluding carboxylic acids is 4. The molecule has 3 aromatic rings. The third-order valence-electron chi connectivity index (χ3n) is 12.4. The van der Waals surface area contributed by atoms with Gasteiger partial charge in [-0.15, -0.1) is 12.4 Å². The number of carbonyl (C=O) groups is 4. The van der Waals surface area contributed by atoms with Gasteiger partial charge in [0.25, 0.3) is 11.8 Å². The second kappa shape index (κ2) is 15.7. The molecule has 6 aliphatic rings. The van der Waals surface area contributed by atoms with Gasteiger partial charge in [-0.25, -0.2) is 13.9 Å². The molecule has 6 saturated carbocycles. The van der Waals surface area contributed by atoms with Gasteiger partial charge in [0, 0.05) is 25.2 Å². The van der Waals surface area contributed by atoms with E-state index in [1.54, 1.807) is 6.07 Å². The van der Waals surface area contributed by atoms with Crippen LogP contribution in [0.5, 0.6) is 0 Å². The van der Waals surface area contributed by atoms with Crippen molar-refractivity contribution in [2.24, 2.45) is 27.4 Å². The van der Waals surface area contributed by atoms with Crippen LogP contribution in [0.3, 0.4) is 0 Å². The zero-order chi connectivity index (χ0) is 36.4. The highest BCUT2D eigenvalue weighted by Crippen LogP contribution is 2.58. The Morgan fingerprint density at radius 1 is 0.827 bits per heavy atom. The average molecular weight is 762 g/mol. The van der Waals surface area contributed by atoms with Crippen molar-refractivity contribution in [1.82, 2.24) is 25.2 Å². The Labute approximate surface area is 313 Å². The summed E-state index contributed by atoms with van der Waals surface area (Å²) in [6.45, 7) is 1.37. The first-order valence-electron chi connectivity index (χ1n) is 17.6. The van der Waals surface area contributed by atoms with Crippen LogP contribution in [0.2, 0.25) is 5.02 Å². The van der Waals surface area contributed by atoms with Crippen molar-refractivity contribution in [3.8, 4) is 0 Å². The molecule has 15 heteroatoms. The number of fused-ring (bicyclic) bond motifs is 7. The van der Waals surface area contributed by atoms with E-state index in [0.717, 1.165) is 83.6 Å². The van der Waals surface area contributed by atoms with Gasteiger partial charge in [-0.3, -0.25) is 19.2 Å². The Bertz CT molecular complexity index is 1790. The van der Waals surface area contributed by atoms with Crippen molar-refractivity contribution in [3.05, 3.63) is 64.3 Å². The Morgan fingerprint density at radius 2 is 1.38 bits per heavy atom. The van der Waals surface area contributed by atoms with E-state index >= 15 is 0 Å². The minimum absolute atomic E-state index is 0. The Morgan fingerprint density at radius 3 is 1.90 bits per heavy atom. The van der Waals surface area contributed by atoms with Crippen molar-refractivity contribution in [2.75, 3.05) is 27.3 Å². The summed E-state index contributed by atoms with van der Waals surface area (Å²) in [4.78, 5) is 54.4. The first-order valence-corrected chi connectivity index (χ1v) is 18.0. The summed E-state index contributed by atoms with van der Waals surface area (Å²) in [5, 5.41) is 9.92. The summed E-state index contributed by atoms with van der Waals surface area (Å²) in [6.07, 6.45) is 12.6. The maximum atomic E-state index is 13.4. The van der Waals surface area contributed by atoms with E-state index in [9.17, 15) is 23.6 Å². The molecule has 6 aliphatic carbocycles. The van der Waals surface area contributed by atoms with Crippen LogP contribution in [0.4, 0.5) is 4.39 Å². The standard InChI is InChI=1S/C26H27ClFN5O4.C11H19NO2.ClH/c1-37-24(36)26-8-5-25(6-9-26,7-10-26)15-30-23(35)20-13-19(32-21-4-11-31-33(20)21)22(34)29-14-16-2-3-18(28)17(27)12-16;1-14-9(13)11-5-2-10(8-12,3-6-11)4-7-11;/h2-4,11-13H,5-10,14-15H2,1H3,(H,29,34)(H,30,35);2-8,12H2,1H3;1H. The first kappa shape index (κ1) is 39.4. The quantitative estimate of drug-likeness (QED) is 0.236. The van der Waals surface area contributed by atoms with E-state index in [1.165, 1.54) is 49.2 Å². The number of rotatable bonds is 9. The highest BCUT2D eigenvalue weighted by Gasteiger charge is 2.53. The van der Waals surface area contributed by atoms with E-state index in [-0.39, 0.29) is 69.5 Å². The van der Waals surface area contributed by atoms with Crippen molar-refractivity contribution in [2.45, 2.75) is 83.6 Å². The summed E-state index contributed by atoms with van der Waals surface area (Å²) in [5.41, 5.74) is 6.81. The number of aromatic nitrogens is 3. The highest BCUT2D eigenvalue weighted by atomic mass is 35.5. The van der Waals surface area contributed by atoms with Crippen molar-refractivity contribution in [1.29, 1.82) is 0 Å². The van der Waals surface area contributed by atoms with E-state index in [0.29, 0.717) is 23.2 Å². The second-order valence-corrected chi connectivity index (χ2v) is 15.4. The van der Waals surface area contributed by atoms with Gasteiger partial charge >= 0.3 is 11.9 Å². The predicted molar refractivity (Wildman–Crippen MR) is 193 cm³/mol. The average Bonchev–Trinajstić information content (AvgIpc) is 3.67. The van der Waals surface area contributed by atoms with Crippen LogP contribution >= 0.6 is 24.0 Å². The van der Waals surface area contributed by atoms with E-state index in [4.69, 9.17) is 26.8 Å².